The summed E-state index contributed by atoms with van der Waals surface area (Å²) in [5.74, 6) is 0.551. The molecule has 0 aliphatic heterocycles. The Bertz CT molecular complexity index is 809. The normalized spacial score (nSPS) is 11.0. The highest BCUT2D eigenvalue weighted by Gasteiger charge is 2.09. The van der Waals surface area contributed by atoms with Gasteiger partial charge in [-0.25, -0.2) is 9.97 Å². The van der Waals surface area contributed by atoms with Gasteiger partial charge in [0.15, 0.2) is 5.58 Å². The lowest BCUT2D eigenvalue weighted by Crippen LogP contribution is -2.07. The summed E-state index contributed by atoms with van der Waals surface area (Å²) in [6.45, 7) is 1.72. The Labute approximate surface area is 112 Å². The molecule has 0 bridgehead atoms. The molecule has 0 spiro atoms. The lowest BCUT2D eigenvalue weighted by molar-refractivity contribution is 0.489. The molecule has 2 aromatic heterocycles. The van der Waals surface area contributed by atoms with Crippen molar-refractivity contribution in [2.45, 2.75) is 17.2 Å². The zero-order valence-corrected chi connectivity index (χ0v) is 10.8. The third kappa shape index (κ3) is 2.45. The number of rotatable bonds is 2. The van der Waals surface area contributed by atoms with Crippen molar-refractivity contribution in [2.75, 3.05) is 5.73 Å². The number of benzene rings is 1. The van der Waals surface area contributed by atoms with Gasteiger partial charge in [0, 0.05) is 17.8 Å². The van der Waals surface area contributed by atoms with Gasteiger partial charge in [0.05, 0.1) is 0 Å². The molecule has 3 N–H and O–H groups in total. The number of hydrogen-bond donors (Lipinski definition) is 2. The maximum absolute atomic E-state index is 11.3. The van der Waals surface area contributed by atoms with Crippen molar-refractivity contribution in [1.29, 1.82) is 0 Å². The van der Waals surface area contributed by atoms with Crippen molar-refractivity contribution in [3.63, 3.8) is 0 Å². The Morgan fingerprint density at radius 2 is 2.16 bits per heavy atom. The van der Waals surface area contributed by atoms with Crippen LogP contribution in [-0.4, -0.2) is 15.0 Å². The van der Waals surface area contributed by atoms with Gasteiger partial charge in [-0.3, -0.25) is 4.79 Å². The molecule has 7 heteroatoms. The lowest BCUT2D eigenvalue weighted by Gasteiger charge is -1.96. The molecule has 3 rings (SSSR count). The number of aryl methyl sites for hydroxylation is 1. The van der Waals surface area contributed by atoms with Crippen LogP contribution in [0.2, 0.25) is 0 Å². The van der Waals surface area contributed by atoms with E-state index < -0.39 is 0 Å². The minimum Gasteiger partial charge on any atom is -0.431 e. The van der Waals surface area contributed by atoms with Crippen LogP contribution >= 0.6 is 11.8 Å². The predicted octanol–water partition coefficient (Wildman–Crippen LogP) is 1.95. The SMILES string of the molecule is Cc1nc(Sc2nc3ccc(N)cc3o2)cc(=O)[nH]1. The van der Waals surface area contributed by atoms with Crippen LogP contribution in [0.1, 0.15) is 5.82 Å². The van der Waals surface area contributed by atoms with Crippen LogP contribution < -0.4 is 11.3 Å². The minimum absolute atomic E-state index is 0.199. The van der Waals surface area contributed by atoms with E-state index in [1.807, 2.05) is 0 Å². The first-order chi connectivity index (χ1) is 9.10. The molecule has 0 aliphatic carbocycles. The smallest absolute Gasteiger partial charge is 0.263 e. The molecule has 96 valence electrons. The standard InChI is InChI=1S/C12H10N4O2S/c1-6-14-10(17)5-11(15-6)19-12-16-8-3-2-7(13)4-9(8)18-12/h2-5H,13H2,1H3,(H,14,15,17). The Balaban J connectivity index is 1.98. The zero-order valence-electron chi connectivity index (χ0n) is 10.0. The van der Waals surface area contributed by atoms with E-state index in [0.717, 1.165) is 5.52 Å². The summed E-state index contributed by atoms with van der Waals surface area (Å²) in [6, 6.07) is 6.66. The molecule has 2 heterocycles. The van der Waals surface area contributed by atoms with Gasteiger partial charge in [-0.2, -0.15) is 0 Å². The molecule has 0 saturated carbocycles. The van der Waals surface area contributed by atoms with E-state index in [0.29, 0.717) is 27.3 Å². The Morgan fingerprint density at radius 1 is 1.32 bits per heavy atom. The number of nitrogens with one attached hydrogen (secondary N) is 1. The molecular weight excluding hydrogens is 264 g/mol. The van der Waals surface area contributed by atoms with E-state index in [1.54, 1.807) is 25.1 Å². The fourth-order valence-electron chi connectivity index (χ4n) is 1.66. The first-order valence-electron chi connectivity index (χ1n) is 5.52. The van der Waals surface area contributed by atoms with Crippen LogP contribution in [0.5, 0.6) is 0 Å². The topological polar surface area (TPSA) is 97.8 Å². The number of aromatic amines is 1. The fourth-order valence-corrected chi connectivity index (χ4v) is 2.46. The van der Waals surface area contributed by atoms with Crippen LogP contribution in [0.3, 0.4) is 0 Å². The van der Waals surface area contributed by atoms with Crippen molar-refractivity contribution in [3.05, 3.63) is 40.4 Å². The highest BCUT2D eigenvalue weighted by molar-refractivity contribution is 7.99. The van der Waals surface area contributed by atoms with Gasteiger partial charge in [-0.15, -0.1) is 0 Å². The molecule has 6 nitrogen and oxygen atoms in total. The lowest BCUT2D eigenvalue weighted by atomic mass is 10.3. The minimum atomic E-state index is -0.199. The largest absolute Gasteiger partial charge is 0.431 e. The summed E-state index contributed by atoms with van der Waals surface area (Å²) < 4.78 is 5.55. The Morgan fingerprint density at radius 3 is 2.95 bits per heavy atom. The summed E-state index contributed by atoms with van der Waals surface area (Å²) in [6.07, 6.45) is 0. The van der Waals surface area contributed by atoms with Gasteiger partial charge in [0.2, 0.25) is 0 Å². The van der Waals surface area contributed by atoms with Crippen LogP contribution in [-0.2, 0) is 0 Å². The molecule has 19 heavy (non-hydrogen) atoms. The van der Waals surface area contributed by atoms with E-state index in [2.05, 4.69) is 15.0 Å². The van der Waals surface area contributed by atoms with Gasteiger partial charge in [-0.05, 0) is 30.8 Å². The molecule has 3 aromatic rings. The summed E-state index contributed by atoms with van der Waals surface area (Å²) in [5.41, 5.74) is 7.43. The average Bonchev–Trinajstić information content (AvgIpc) is 2.68. The fraction of sp³-hybridized carbons (Fsp3) is 0.0833. The summed E-state index contributed by atoms with van der Waals surface area (Å²) in [7, 11) is 0. The second kappa shape index (κ2) is 4.43. The Hall–Kier alpha value is -2.28. The second-order valence-corrected chi connectivity index (χ2v) is 4.95. The first kappa shape index (κ1) is 11.8. The number of H-pyrrole nitrogens is 1. The van der Waals surface area contributed by atoms with Crippen molar-refractivity contribution in [3.8, 4) is 0 Å². The van der Waals surface area contributed by atoms with Gasteiger partial charge in [0.1, 0.15) is 16.4 Å². The Kier molecular flexibility index (Phi) is 2.75. The number of hydrogen-bond acceptors (Lipinski definition) is 6. The summed E-state index contributed by atoms with van der Waals surface area (Å²) in [5, 5.41) is 0.971. The van der Waals surface area contributed by atoms with E-state index in [4.69, 9.17) is 10.2 Å². The van der Waals surface area contributed by atoms with Crippen molar-refractivity contribution in [2.24, 2.45) is 0 Å². The van der Waals surface area contributed by atoms with E-state index in [1.165, 1.54) is 17.8 Å². The predicted molar refractivity (Wildman–Crippen MR) is 72.1 cm³/mol. The number of aromatic nitrogens is 3. The number of anilines is 1. The molecule has 1 aromatic carbocycles. The number of nitrogen functional groups attached to an aromatic ring is 1. The van der Waals surface area contributed by atoms with Crippen molar-refractivity contribution < 1.29 is 4.42 Å². The molecule has 0 aliphatic rings. The van der Waals surface area contributed by atoms with E-state index >= 15 is 0 Å². The number of fused-ring (bicyclic) bond motifs is 1. The zero-order chi connectivity index (χ0) is 13.4. The number of nitrogens with zero attached hydrogens (tertiary/aromatic N) is 2. The maximum atomic E-state index is 11.3. The molecular formula is C12H10N4O2S. The molecule has 0 unspecified atom stereocenters. The molecule has 0 saturated heterocycles. The molecule has 0 atom stereocenters. The highest BCUT2D eigenvalue weighted by atomic mass is 32.2. The van der Waals surface area contributed by atoms with Crippen LogP contribution in [0.15, 0.2) is 43.7 Å². The van der Waals surface area contributed by atoms with Gasteiger partial charge < -0.3 is 15.1 Å². The monoisotopic (exact) mass is 274 g/mol. The quantitative estimate of drug-likeness (QED) is 0.547. The highest BCUT2D eigenvalue weighted by Crippen LogP contribution is 2.28. The maximum Gasteiger partial charge on any atom is 0.263 e. The van der Waals surface area contributed by atoms with Crippen LogP contribution in [0.25, 0.3) is 11.1 Å². The van der Waals surface area contributed by atoms with Crippen LogP contribution in [0, 0.1) is 6.92 Å². The molecule has 0 fully saturated rings. The van der Waals surface area contributed by atoms with E-state index in [9.17, 15) is 4.79 Å². The van der Waals surface area contributed by atoms with Gasteiger partial charge in [0.25, 0.3) is 10.8 Å². The average molecular weight is 274 g/mol. The third-order valence-electron chi connectivity index (χ3n) is 2.42. The van der Waals surface area contributed by atoms with Crippen molar-refractivity contribution in [1.82, 2.24) is 15.0 Å². The summed E-state index contributed by atoms with van der Waals surface area (Å²) >= 11 is 1.20. The van der Waals surface area contributed by atoms with Gasteiger partial charge >= 0.3 is 0 Å². The number of oxazole rings is 1. The third-order valence-corrected chi connectivity index (χ3v) is 3.19. The second-order valence-electron chi connectivity index (χ2n) is 3.98. The number of nitrogens with two attached hydrogens (primary N) is 1. The molecule has 0 amide bonds. The first-order valence-corrected chi connectivity index (χ1v) is 6.34. The van der Waals surface area contributed by atoms with E-state index in [-0.39, 0.29) is 5.56 Å². The van der Waals surface area contributed by atoms with Crippen LogP contribution in [0.4, 0.5) is 5.69 Å². The van der Waals surface area contributed by atoms with Gasteiger partial charge in [-0.1, -0.05) is 0 Å². The molecule has 0 radical (unpaired) electrons. The summed E-state index contributed by atoms with van der Waals surface area (Å²) in [4.78, 5) is 22.4. The van der Waals surface area contributed by atoms with Crippen molar-refractivity contribution >= 4 is 28.5 Å².